The maximum atomic E-state index is 11.7. The molecule has 0 aliphatic heterocycles. The molecule has 2 aromatic rings. The monoisotopic (exact) mass is 274 g/mol. The summed E-state index contributed by atoms with van der Waals surface area (Å²) >= 11 is 0. The Labute approximate surface area is 117 Å². The molecular weight excluding hydrogens is 256 g/mol. The number of rotatable bonds is 5. The van der Waals surface area contributed by atoms with Gasteiger partial charge in [-0.2, -0.15) is 0 Å². The molecule has 0 fully saturated rings. The predicted molar refractivity (Wildman–Crippen MR) is 76.3 cm³/mol. The minimum Gasteiger partial charge on any atom is -0.378 e. The van der Waals surface area contributed by atoms with Crippen molar-refractivity contribution in [2.45, 2.75) is 13.5 Å². The van der Waals surface area contributed by atoms with Crippen molar-refractivity contribution in [2.24, 2.45) is 0 Å². The summed E-state index contributed by atoms with van der Waals surface area (Å²) in [4.78, 5) is 13.7. The third-order valence-corrected chi connectivity index (χ3v) is 2.78. The third-order valence-electron chi connectivity index (χ3n) is 2.78. The fraction of sp³-hybridized carbons (Fsp3) is 0.286. The van der Waals surface area contributed by atoms with Gasteiger partial charge in [0.05, 0.1) is 0 Å². The summed E-state index contributed by atoms with van der Waals surface area (Å²) in [5.74, 6) is 0.291. The fourth-order valence-corrected chi connectivity index (χ4v) is 1.71. The quantitative estimate of drug-likeness (QED) is 0.808. The van der Waals surface area contributed by atoms with Gasteiger partial charge < -0.3 is 9.42 Å². The summed E-state index contributed by atoms with van der Waals surface area (Å²) in [6.07, 6.45) is 0. The highest BCUT2D eigenvalue weighted by molar-refractivity contribution is 5.91. The van der Waals surface area contributed by atoms with Gasteiger partial charge in [0.1, 0.15) is 5.76 Å². The Balaban J connectivity index is 1.87. The molecule has 1 aromatic heterocycles. The molecule has 0 bridgehead atoms. The van der Waals surface area contributed by atoms with E-state index in [2.05, 4.69) is 22.1 Å². The van der Waals surface area contributed by atoms with Crippen LogP contribution in [-0.4, -0.2) is 25.2 Å². The molecule has 0 aliphatic carbocycles. The Morgan fingerprint density at radius 1 is 1.35 bits per heavy atom. The summed E-state index contributed by atoms with van der Waals surface area (Å²) in [5, 5.41) is 3.64. The molecule has 2 N–H and O–H groups in total. The van der Waals surface area contributed by atoms with Gasteiger partial charge in [0, 0.05) is 32.4 Å². The molecule has 6 heteroatoms. The molecule has 20 heavy (non-hydrogen) atoms. The van der Waals surface area contributed by atoms with Crippen LogP contribution < -0.4 is 15.8 Å². The molecule has 0 saturated carbocycles. The molecule has 0 aliphatic rings. The Morgan fingerprint density at radius 2 is 2.15 bits per heavy atom. The third kappa shape index (κ3) is 3.58. The van der Waals surface area contributed by atoms with E-state index in [0.29, 0.717) is 12.3 Å². The minimum absolute atomic E-state index is 0.261. The van der Waals surface area contributed by atoms with Gasteiger partial charge in [-0.3, -0.25) is 10.2 Å². The van der Waals surface area contributed by atoms with Crippen molar-refractivity contribution >= 4 is 11.6 Å². The highest BCUT2D eigenvalue weighted by Crippen LogP contribution is 2.12. The van der Waals surface area contributed by atoms with Gasteiger partial charge in [0.2, 0.25) is 0 Å². The lowest BCUT2D eigenvalue weighted by molar-refractivity contribution is 0.0923. The van der Waals surface area contributed by atoms with Crippen LogP contribution in [0.2, 0.25) is 0 Å². The Hall–Kier alpha value is -2.34. The van der Waals surface area contributed by atoms with E-state index in [1.807, 2.05) is 37.2 Å². The second-order valence-electron chi connectivity index (χ2n) is 4.69. The number of aromatic nitrogens is 1. The molecular formula is C14H18N4O2. The average Bonchev–Trinajstić information content (AvgIpc) is 2.86. The summed E-state index contributed by atoms with van der Waals surface area (Å²) < 4.78 is 4.85. The molecule has 2 rings (SSSR count). The van der Waals surface area contributed by atoms with Gasteiger partial charge in [0.25, 0.3) is 5.91 Å². The van der Waals surface area contributed by atoms with E-state index in [1.165, 1.54) is 0 Å². The molecule has 1 amide bonds. The maximum Gasteiger partial charge on any atom is 0.287 e. The van der Waals surface area contributed by atoms with Crippen LogP contribution >= 0.6 is 0 Å². The average molecular weight is 274 g/mol. The standard InChI is InChI=1S/C14H18N4O2/c1-10-7-13(17-20-10)14(19)16-15-9-11-5-4-6-12(8-11)18(2)3/h4-8,15H,9H2,1-3H3,(H,16,19). The second kappa shape index (κ2) is 6.21. The number of carbonyl (C=O) groups excluding carboxylic acids is 1. The van der Waals surface area contributed by atoms with Gasteiger partial charge in [0.15, 0.2) is 5.69 Å². The number of hydrazine groups is 1. The first-order valence-corrected chi connectivity index (χ1v) is 6.29. The van der Waals surface area contributed by atoms with Crippen LogP contribution in [0.5, 0.6) is 0 Å². The number of aryl methyl sites for hydroxylation is 1. The van der Waals surface area contributed by atoms with Crippen molar-refractivity contribution in [1.82, 2.24) is 16.0 Å². The van der Waals surface area contributed by atoms with Crippen LogP contribution in [0, 0.1) is 6.92 Å². The predicted octanol–water partition coefficient (Wildman–Crippen LogP) is 1.48. The van der Waals surface area contributed by atoms with Gasteiger partial charge in [-0.1, -0.05) is 17.3 Å². The second-order valence-corrected chi connectivity index (χ2v) is 4.69. The van der Waals surface area contributed by atoms with Gasteiger partial charge in [-0.05, 0) is 24.6 Å². The maximum absolute atomic E-state index is 11.7. The number of carbonyl (C=O) groups is 1. The molecule has 0 unspecified atom stereocenters. The smallest absolute Gasteiger partial charge is 0.287 e. The Bertz CT molecular complexity index is 592. The zero-order valence-electron chi connectivity index (χ0n) is 11.8. The van der Waals surface area contributed by atoms with Crippen molar-refractivity contribution in [3.05, 3.63) is 47.3 Å². The van der Waals surface area contributed by atoms with Crippen LogP contribution in [-0.2, 0) is 6.54 Å². The summed E-state index contributed by atoms with van der Waals surface area (Å²) in [6.45, 7) is 2.27. The van der Waals surface area contributed by atoms with E-state index in [4.69, 9.17) is 4.52 Å². The van der Waals surface area contributed by atoms with E-state index in [1.54, 1.807) is 13.0 Å². The van der Waals surface area contributed by atoms with E-state index in [9.17, 15) is 4.79 Å². The fourth-order valence-electron chi connectivity index (χ4n) is 1.71. The molecule has 1 aromatic carbocycles. The zero-order valence-corrected chi connectivity index (χ0v) is 11.8. The van der Waals surface area contributed by atoms with Crippen molar-refractivity contribution in [1.29, 1.82) is 0 Å². The lowest BCUT2D eigenvalue weighted by Gasteiger charge is -2.13. The number of hydrogen-bond acceptors (Lipinski definition) is 5. The molecule has 106 valence electrons. The largest absolute Gasteiger partial charge is 0.378 e. The minimum atomic E-state index is -0.314. The summed E-state index contributed by atoms with van der Waals surface area (Å²) in [7, 11) is 3.97. The first-order chi connectivity index (χ1) is 9.56. The van der Waals surface area contributed by atoms with E-state index >= 15 is 0 Å². The van der Waals surface area contributed by atoms with Gasteiger partial charge >= 0.3 is 0 Å². The molecule has 0 spiro atoms. The number of nitrogens with zero attached hydrogens (tertiary/aromatic N) is 2. The van der Waals surface area contributed by atoms with Gasteiger partial charge in [-0.25, -0.2) is 5.43 Å². The molecule has 6 nitrogen and oxygen atoms in total. The first kappa shape index (κ1) is 14.1. The lowest BCUT2D eigenvalue weighted by Crippen LogP contribution is -2.37. The summed E-state index contributed by atoms with van der Waals surface area (Å²) in [6, 6.07) is 9.64. The van der Waals surface area contributed by atoms with Crippen LogP contribution in [0.25, 0.3) is 0 Å². The highest BCUT2D eigenvalue weighted by atomic mass is 16.5. The van der Waals surface area contributed by atoms with Crippen molar-refractivity contribution in [3.63, 3.8) is 0 Å². The Kier molecular flexibility index (Phi) is 4.37. The SMILES string of the molecule is Cc1cc(C(=O)NNCc2cccc(N(C)C)c2)no1. The Morgan fingerprint density at radius 3 is 2.80 bits per heavy atom. The first-order valence-electron chi connectivity index (χ1n) is 6.29. The van der Waals surface area contributed by atoms with E-state index in [0.717, 1.165) is 11.3 Å². The van der Waals surface area contributed by atoms with Gasteiger partial charge in [-0.15, -0.1) is 0 Å². The van der Waals surface area contributed by atoms with Crippen molar-refractivity contribution < 1.29 is 9.32 Å². The van der Waals surface area contributed by atoms with E-state index in [-0.39, 0.29) is 11.6 Å². The van der Waals surface area contributed by atoms with Crippen LogP contribution in [0.15, 0.2) is 34.9 Å². The number of nitrogens with one attached hydrogen (secondary N) is 2. The molecule has 0 atom stereocenters. The van der Waals surface area contributed by atoms with Crippen molar-refractivity contribution in [3.8, 4) is 0 Å². The van der Waals surface area contributed by atoms with Crippen LogP contribution in [0.1, 0.15) is 21.8 Å². The van der Waals surface area contributed by atoms with Crippen LogP contribution in [0.3, 0.4) is 0 Å². The van der Waals surface area contributed by atoms with E-state index < -0.39 is 0 Å². The topological polar surface area (TPSA) is 70.4 Å². The summed E-state index contributed by atoms with van der Waals surface area (Å²) in [5.41, 5.74) is 7.91. The molecule has 1 heterocycles. The normalized spacial score (nSPS) is 10.3. The number of hydrogen-bond donors (Lipinski definition) is 2. The molecule has 0 radical (unpaired) electrons. The molecule has 0 saturated heterocycles. The zero-order chi connectivity index (χ0) is 14.5. The number of benzene rings is 1. The lowest BCUT2D eigenvalue weighted by atomic mass is 10.2. The number of amides is 1. The van der Waals surface area contributed by atoms with Crippen molar-refractivity contribution in [2.75, 3.05) is 19.0 Å². The van der Waals surface area contributed by atoms with Crippen LogP contribution in [0.4, 0.5) is 5.69 Å². The number of anilines is 1. The highest BCUT2D eigenvalue weighted by Gasteiger charge is 2.09.